The van der Waals surface area contributed by atoms with Crippen molar-refractivity contribution in [2.75, 3.05) is 0 Å². The summed E-state index contributed by atoms with van der Waals surface area (Å²) in [5.41, 5.74) is 2.09. The van der Waals surface area contributed by atoms with Crippen LogP contribution in [0.25, 0.3) is 0 Å². The van der Waals surface area contributed by atoms with E-state index in [9.17, 15) is 14.7 Å². The molecule has 0 saturated heterocycles. The van der Waals surface area contributed by atoms with Gasteiger partial charge < -0.3 is 15.0 Å². The van der Waals surface area contributed by atoms with E-state index < -0.39 is 5.54 Å². The number of hydrogen-bond acceptors (Lipinski definition) is 4. The highest BCUT2D eigenvalue weighted by Gasteiger charge is 2.66. The number of Topliss-reactive ketones (excluding diaryl/α,β-unsaturated/α-hetero) is 1. The number of ketones is 1. The number of aliphatic hydroxyl groups is 1. The summed E-state index contributed by atoms with van der Waals surface area (Å²) in [5, 5.41) is 14.4. The van der Waals surface area contributed by atoms with Gasteiger partial charge in [0, 0.05) is 25.9 Å². The molecular weight excluding hydrogens is 486 g/mol. The van der Waals surface area contributed by atoms with Crippen LogP contribution in [0, 0.1) is 45.8 Å². The van der Waals surface area contributed by atoms with Crippen molar-refractivity contribution in [3.05, 3.63) is 29.4 Å². The van der Waals surface area contributed by atoms with Crippen LogP contribution in [0.4, 0.5) is 0 Å². The zero-order valence-electron chi connectivity index (χ0n) is 25.1. The lowest BCUT2D eigenvalue weighted by Crippen LogP contribution is -2.64. The molecule has 0 radical (unpaired) electrons. The summed E-state index contributed by atoms with van der Waals surface area (Å²) in [6.07, 6.45) is 12.2. The van der Waals surface area contributed by atoms with E-state index >= 15 is 0 Å². The Kier molecular flexibility index (Phi) is 6.13. The maximum Gasteiger partial charge on any atom is 0.287 e. The topological polar surface area (TPSA) is 84.2 Å². The van der Waals surface area contributed by atoms with E-state index in [4.69, 9.17) is 0 Å². The molecular formula is C33H49N3O3. The molecule has 4 fully saturated rings. The van der Waals surface area contributed by atoms with Gasteiger partial charge in [0.15, 0.2) is 11.6 Å². The first-order valence-electron chi connectivity index (χ1n) is 15.5. The average molecular weight is 536 g/mol. The molecule has 0 spiro atoms. The number of aromatic nitrogens is 2. The van der Waals surface area contributed by atoms with E-state index in [2.05, 4.69) is 51.8 Å². The number of allylic oxidation sites excluding steroid dienone is 1. The van der Waals surface area contributed by atoms with Crippen LogP contribution in [0.1, 0.15) is 110 Å². The lowest BCUT2D eigenvalue weighted by Gasteiger charge is -2.68. The van der Waals surface area contributed by atoms with Gasteiger partial charge in [0.1, 0.15) is 0 Å². The van der Waals surface area contributed by atoms with Crippen molar-refractivity contribution in [2.24, 2.45) is 52.9 Å². The summed E-state index contributed by atoms with van der Waals surface area (Å²) in [4.78, 5) is 31.5. The van der Waals surface area contributed by atoms with Crippen LogP contribution in [0.2, 0.25) is 0 Å². The number of hydrogen-bond donors (Lipinski definition) is 2. The first-order chi connectivity index (χ1) is 18.3. The van der Waals surface area contributed by atoms with Crippen molar-refractivity contribution in [2.45, 2.75) is 111 Å². The summed E-state index contributed by atoms with van der Waals surface area (Å²) >= 11 is 0. The van der Waals surface area contributed by atoms with Gasteiger partial charge in [0.2, 0.25) is 0 Å². The summed E-state index contributed by atoms with van der Waals surface area (Å²) in [6, 6.07) is 0. The van der Waals surface area contributed by atoms with Gasteiger partial charge in [0.25, 0.3) is 5.91 Å². The Labute approximate surface area is 234 Å². The second-order valence-electron chi connectivity index (χ2n) is 15.3. The monoisotopic (exact) mass is 535 g/mol. The third-order valence-electron chi connectivity index (χ3n) is 12.9. The fourth-order valence-corrected chi connectivity index (χ4v) is 11.3. The Morgan fingerprint density at radius 3 is 2.41 bits per heavy atom. The van der Waals surface area contributed by atoms with Gasteiger partial charge in [-0.15, -0.1) is 0 Å². The number of carbonyl (C=O) groups excluding carboxylic acids is 2. The van der Waals surface area contributed by atoms with E-state index in [1.165, 1.54) is 24.8 Å². The van der Waals surface area contributed by atoms with E-state index in [-0.39, 0.29) is 40.0 Å². The molecule has 214 valence electrons. The fraction of sp³-hybridized carbons (Fsp3) is 0.788. The molecule has 6 rings (SSSR count). The van der Waals surface area contributed by atoms with Gasteiger partial charge in [-0.2, -0.15) is 0 Å². The normalized spacial score (nSPS) is 43.0. The minimum atomic E-state index is -0.581. The van der Waals surface area contributed by atoms with Gasteiger partial charge in [-0.25, -0.2) is 4.98 Å². The smallest absolute Gasteiger partial charge is 0.287 e. The molecule has 8 atom stereocenters. The van der Waals surface area contributed by atoms with Crippen molar-refractivity contribution < 1.29 is 14.7 Å². The highest BCUT2D eigenvalue weighted by Crippen LogP contribution is 2.72. The molecule has 39 heavy (non-hydrogen) atoms. The van der Waals surface area contributed by atoms with Gasteiger partial charge in [-0.05, 0) is 108 Å². The number of nitrogens with one attached hydrogen (secondary N) is 1. The maximum atomic E-state index is 13.6. The molecule has 6 heteroatoms. The van der Waals surface area contributed by atoms with Crippen molar-refractivity contribution in [1.82, 2.24) is 14.9 Å². The molecule has 5 aliphatic carbocycles. The van der Waals surface area contributed by atoms with Crippen LogP contribution in [0.5, 0.6) is 0 Å². The molecule has 0 bridgehead atoms. The zero-order chi connectivity index (χ0) is 28.1. The largest absolute Gasteiger partial charge is 0.393 e. The lowest BCUT2D eigenvalue weighted by molar-refractivity contribution is -0.202. The van der Waals surface area contributed by atoms with Crippen molar-refractivity contribution >= 4 is 11.7 Å². The maximum absolute atomic E-state index is 13.6. The SMILES string of the molecule is CC(C)C1=C2C3CCC4C(C)(CCC5C(C)(C)C(O)CCC54C)C3CCC2(NC(=O)c2nccn2C)CC1=O. The number of rotatable bonds is 3. The van der Waals surface area contributed by atoms with Crippen molar-refractivity contribution in [3.63, 3.8) is 0 Å². The van der Waals surface area contributed by atoms with E-state index in [0.717, 1.165) is 37.7 Å². The van der Waals surface area contributed by atoms with Crippen LogP contribution < -0.4 is 5.32 Å². The van der Waals surface area contributed by atoms with Gasteiger partial charge in [0.05, 0.1) is 11.6 Å². The predicted octanol–water partition coefficient (Wildman–Crippen LogP) is 5.85. The van der Waals surface area contributed by atoms with E-state index in [1.807, 2.05) is 7.05 Å². The van der Waals surface area contributed by atoms with Crippen LogP contribution >= 0.6 is 0 Å². The van der Waals surface area contributed by atoms with Gasteiger partial charge in [-0.3, -0.25) is 9.59 Å². The Morgan fingerprint density at radius 1 is 1.03 bits per heavy atom. The molecule has 1 aromatic rings. The second kappa shape index (κ2) is 8.77. The summed E-state index contributed by atoms with van der Waals surface area (Å²) in [7, 11) is 1.84. The zero-order valence-corrected chi connectivity index (χ0v) is 25.1. The lowest BCUT2D eigenvalue weighted by atomic mass is 9.37. The van der Waals surface area contributed by atoms with Crippen LogP contribution in [-0.4, -0.2) is 38.0 Å². The average Bonchev–Trinajstić information content (AvgIpc) is 3.41. The molecule has 8 unspecified atom stereocenters. The Balaban J connectivity index is 1.38. The van der Waals surface area contributed by atoms with Crippen LogP contribution in [0.15, 0.2) is 23.5 Å². The fourth-order valence-electron chi connectivity index (χ4n) is 11.3. The highest BCUT2D eigenvalue weighted by molar-refractivity contribution is 6.03. The molecule has 5 aliphatic rings. The standard InChI is InChI=1S/C33H49N3O3/c1-19(2)26-22(37)18-33(35-29(39)28-34-16-17-36(28)7)15-10-21-20(27(26)33)8-9-24-31(21,5)13-11-23-30(3,4)25(38)12-14-32(23,24)6/h16-17,19-21,23-25,38H,8-15,18H2,1-7H3,(H,35,39). The van der Waals surface area contributed by atoms with Crippen molar-refractivity contribution in [1.29, 1.82) is 0 Å². The van der Waals surface area contributed by atoms with Crippen LogP contribution in [0.3, 0.4) is 0 Å². The molecule has 0 aliphatic heterocycles. The molecule has 4 saturated carbocycles. The third-order valence-corrected chi connectivity index (χ3v) is 12.9. The van der Waals surface area contributed by atoms with E-state index in [0.29, 0.717) is 35.9 Å². The molecule has 0 aromatic carbocycles. The van der Waals surface area contributed by atoms with Gasteiger partial charge >= 0.3 is 0 Å². The quantitative estimate of drug-likeness (QED) is 0.508. The molecule has 1 amide bonds. The third kappa shape index (κ3) is 3.65. The summed E-state index contributed by atoms with van der Waals surface area (Å²) in [6.45, 7) is 14.0. The highest BCUT2D eigenvalue weighted by atomic mass is 16.3. The molecule has 6 nitrogen and oxygen atoms in total. The minimum absolute atomic E-state index is 0.0482. The van der Waals surface area contributed by atoms with Crippen molar-refractivity contribution in [3.8, 4) is 0 Å². The summed E-state index contributed by atoms with van der Waals surface area (Å²) in [5.74, 6) is 2.65. The molecule has 1 aromatic heterocycles. The minimum Gasteiger partial charge on any atom is -0.393 e. The number of amides is 1. The van der Waals surface area contributed by atoms with Crippen LogP contribution in [-0.2, 0) is 11.8 Å². The Morgan fingerprint density at radius 2 is 1.74 bits per heavy atom. The number of nitrogens with zero attached hydrogens (tertiary/aromatic N) is 2. The molecule has 1 heterocycles. The molecule has 2 N–H and O–H groups in total. The number of aliphatic hydroxyl groups excluding tert-OH is 1. The second-order valence-corrected chi connectivity index (χ2v) is 15.3. The first-order valence-corrected chi connectivity index (χ1v) is 15.5. The number of fused-ring (bicyclic) bond motifs is 7. The van der Waals surface area contributed by atoms with E-state index in [1.54, 1.807) is 17.0 Å². The Bertz CT molecular complexity index is 1230. The first kappa shape index (κ1) is 27.2. The Hall–Kier alpha value is -1.95. The number of carbonyl (C=O) groups is 2. The van der Waals surface area contributed by atoms with Gasteiger partial charge in [-0.1, -0.05) is 41.5 Å². The number of imidazole rings is 1. The summed E-state index contributed by atoms with van der Waals surface area (Å²) < 4.78 is 1.76. The number of aryl methyl sites for hydroxylation is 1. The predicted molar refractivity (Wildman–Crippen MR) is 152 cm³/mol.